The minimum absolute atomic E-state index is 0.0243. The average molecular weight is 279 g/mol. The molecule has 20 heavy (non-hydrogen) atoms. The van der Waals surface area contributed by atoms with Gasteiger partial charge in [-0.05, 0) is 19.8 Å². The molecule has 6 nitrogen and oxygen atoms in total. The summed E-state index contributed by atoms with van der Waals surface area (Å²) in [6, 6.07) is 0.293. The minimum Gasteiger partial charge on any atom is -0.361 e. The highest BCUT2D eigenvalue weighted by Gasteiger charge is 2.29. The van der Waals surface area contributed by atoms with Crippen molar-refractivity contribution >= 4 is 11.8 Å². The lowest BCUT2D eigenvalue weighted by Crippen LogP contribution is -2.38. The Morgan fingerprint density at radius 1 is 1.35 bits per heavy atom. The largest absolute Gasteiger partial charge is 0.361 e. The fourth-order valence-electron chi connectivity index (χ4n) is 1.91. The van der Waals surface area contributed by atoms with E-state index in [1.165, 1.54) is 0 Å². The summed E-state index contributed by atoms with van der Waals surface area (Å²) in [6.45, 7) is 7.55. The van der Waals surface area contributed by atoms with Crippen LogP contribution in [0.4, 0.5) is 0 Å². The van der Waals surface area contributed by atoms with Crippen molar-refractivity contribution in [2.75, 3.05) is 6.54 Å². The van der Waals surface area contributed by atoms with Crippen molar-refractivity contribution in [2.24, 2.45) is 0 Å². The van der Waals surface area contributed by atoms with Crippen LogP contribution >= 0.6 is 0 Å². The van der Waals surface area contributed by atoms with Crippen LogP contribution in [0.3, 0.4) is 0 Å². The Morgan fingerprint density at radius 2 is 2.00 bits per heavy atom. The maximum absolute atomic E-state index is 12.2. The second-order valence-electron chi connectivity index (χ2n) is 6.24. The highest BCUT2D eigenvalue weighted by molar-refractivity contribution is 5.98. The molecule has 2 rings (SSSR count). The standard InChI is InChI=1S/C14H21N3O3/c1-8-11(12(17-20-8)14(2,3)4)13(19)15-7-10(18)16-9-5-6-9/h9H,5-7H2,1-4H3,(H,15,19)(H,16,18). The predicted molar refractivity (Wildman–Crippen MR) is 73.4 cm³/mol. The monoisotopic (exact) mass is 279 g/mol. The van der Waals surface area contributed by atoms with Crippen molar-refractivity contribution in [1.82, 2.24) is 15.8 Å². The first-order valence-electron chi connectivity index (χ1n) is 6.83. The molecule has 0 spiro atoms. The summed E-state index contributed by atoms with van der Waals surface area (Å²) in [5, 5.41) is 9.40. The quantitative estimate of drug-likeness (QED) is 0.869. The van der Waals surface area contributed by atoms with Gasteiger partial charge in [0, 0.05) is 11.5 Å². The SMILES string of the molecule is Cc1onc(C(C)(C)C)c1C(=O)NCC(=O)NC1CC1. The van der Waals surface area contributed by atoms with Gasteiger partial charge in [-0.1, -0.05) is 25.9 Å². The van der Waals surface area contributed by atoms with Crippen LogP contribution in [-0.4, -0.2) is 29.6 Å². The van der Waals surface area contributed by atoms with E-state index in [0.717, 1.165) is 12.8 Å². The lowest BCUT2D eigenvalue weighted by molar-refractivity contribution is -0.120. The smallest absolute Gasteiger partial charge is 0.257 e. The first-order chi connectivity index (χ1) is 9.29. The lowest BCUT2D eigenvalue weighted by atomic mass is 9.88. The van der Waals surface area contributed by atoms with Gasteiger partial charge in [0.25, 0.3) is 5.91 Å². The Kier molecular flexibility index (Phi) is 3.83. The lowest BCUT2D eigenvalue weighted by Gasteiger charge is -2.16. The molecule has 0 unspecified atom stereocenters. The number of aromatic nitrogens is 1. The molecule has 110 valence electrons. The van der Waals surface area contributed by atoms with Gasteiger partial charge < -0.3 is 15.2 Å². The predicted octanol–water partition coefficient (Wildman–Crippen LogP) is 1.29. The zero-order valence-corrected chi connectivity index (χ0v) is 12.4. The topological polar surface area (TPSA) is 84.2 Å². The Balaban J connectivity index is 2.01. The van der Waals surface area contributed by atoms with Crippen molar-refractivity contribution in [1.29, 1.82) is 0 Å². The van der Waals surface area contributed by atoms with Gasteiger partial charge in [0.1, 0.15) is 17.0 Å². The molecule has 0 bridgehead atoms. The van der Waals surface area contributed by atoms with Crippen LogP contribution in [0.2, 0.25) is 0 Å². The second kappa shape index (κ2) is 5.26. The van der Waals surface area contributed by atoms with Crippen molar-refractivity contribution in [2.45, 2.75) is 52.0 Å². The van der Waals surface area contributed by atoms with E-state index in [-0.39, 0.29) is 23.8 Å². The normalized spacial score (nSPS) is 15.0. The van der Waals surface area contributed by atoms with Gasteiger partial charge in [-0.3, -0.25) is 9.59 Å². The molecular weight excluding hydrogens is 258 g/mol. The third-order valence-electron chi connectivity index (χ3n) is 3.15. The summed E-state index contributed by atoms with van der Waals surface area (Å²) in [4.78, 5) is 23.8. The van der Waals surface area contributed by atoms with E-state index in [1.54, 1.807) is 6.92 Å². The van der Waals surface area contributed by atoms with Gasteiger partial charge in [-0.15, -0.1) is 0 Å². The number of nitrogens with zero attached hydrogens (tertiary/aromatic N) is 1. The van der Waals surface area contributed by atoms with Crippen LogP contribution in [0.5, 0.6) is 0 Å². The molecule has 0 saturated heterocycles. The Hall–Kier alpha value is -1.85. The summed E-state index contributed by atoms with van der Waals surface area (Å²) in [5.41, 5.74) is 0.743. The molecule has 1 aliphatic carbocycles. The number of carbonyl (C=O) groups is 2. The van der Waals surface area contributed by atoms with Gasteiger partial charge in [0.05, 0.1) is 6.54 Å². The molecule has 1 aliphatic rings. The Labute approximate surface area is 118 Å². The zero-order valence-electron chi connectivity index (χ0n) is 12.4. The average Bonchev–Trinajstić information content (AvgIpc) is 3.05. The first-order valence-corrected chi connectivity index (χ1v) is 6.83. The molecule has 1 fully saturated rings. The van der Waals surface area contributed by atoms with Crippen LogP contribution in [0, 0.1) is 6.92 Å². The van der Waals surface area contributed by atoms with Crippen molar-refractivity contribution < 1.29 is 14.1 Å². The number of amides is 2. The summed E-state index contributed by atoms with van der Waals surface area (Å²) < 4.78 is 5.11. The molecule has 1 aromatic rings. The third kappa shape index (κ3) is 3.37. The molecule has 1 aromatic heterocycles. The highest BCUT2D eigenvalue weighted by atomic mass is 16.5. The van der Waals surface area contributed by atoms with E-state index in [1.807, 2.05) is 20.8 Å². The molecule has 2 amide bonds. The molecule has 1 saturated carbocycles. The van der Waals surface area contributed by atoms with E-state index >= 15 is 0 Å². The minimum atomic E-state index is -0.320. The Bertz CT molecular complexity index is 524. The fraction of sp³-hybridized carbons (Fsp3) is 0.643. The number of hydrogen-bond acceptors (Lipinski definition) is 4. The van der Waals surface area contributed by atoms with Gasteiger partial charge in [-0.25, -0.2) is 0 Å². The van der Waals surface area contributed by atoms with Gasteiger partial charge in [-0.2, -0.15) is 0 Å². The number of rotatable bonds is 4. The van der Waals surface area contributed by atoms with E-state index in [2.05, 4.69) is 15.8 Å². The fourth-order valence-corrected chi connectivity index (χ4v) is 1.91. The van der Waals surface area contributed by atoms with E-state index in [9.17, 15) is 9.59 Å². The Morgan fingerprint density at radius 3 is 2.55 bits per heavy atom. The number of aryl methyl sites for hydroxylation is 1. The molecule has 0 aromatic carbocycles. The van der Waals surface area contributed by atoms with Gasteiger partial charge in [0.2, 0.25) is 5.91 Å². The van der Waals surface area contributed by atoms with Crippen LogP contribution in [0.1, 0.15) is 55.4 Å². The number of hydrogen-bond donors (Lipinski definition) is 2. The summed E-state index contributed by atoms with van der Waals surface area (Å²) in [7, 11) is 0. The van der Waals surface area contributed by atoms with Crippen molar-refractivity contribution in [3.8, 4) is 0 Å². The van der Waals surface area contributed by atoms with Crippen molar-refractivity contribution in [3.63, 3.8) is 0 Å². The summed E-state index contributed by atoms with van der Waals surface area (Å²) in [5.74, 6) is -0.0121. The molecule has 6 heteroatoms. The molecule has 2 N–H and O–H groups in total. The van der Waals surface area contributed by atoms with Crippen LogP contribution in [0.25, 0.3) is 0 Å². The molecule has 1 heterocycles. The number of carbonyl (C=O) groups excluding carboxylic acids is 2. The highest BCUT2D eigenvalue weighted by Crippen LogP contribution is 2.26. The van der Waals surface area contributed by atoms with Crippen molar-refractivity contribution in [3.05, 3.63) is 17.0 Å². The summed E-state index contributed by atoms with van der Waals surface area (Å²) in [6.07, 6.45) is 2.05. The van der Waals surface area contributed by atoms with E-state index in [4.69, 9.17) is 4.52 Å². The molecule has 0 atom stereocenters. The maximum Gasteiger partial charge on any atom is 0.257 e. The van der Waals surface area contributed by atoms with Crippen LogP contribution in [0.15, 0.2) is 4.52 Å². The zero-order chi connectivity index (χ0) is 14.9. The maximum atomic E-state index is 12.2. The number of nitrogens with one attached hydrogen (secondary N) is 2. The summed E-state index contributed by atoms with van der Waals surface area (Å²) >= 11 is 0. The van der Waals surface area contributed by atoms with E-state index in [0.29, 0.717) is 23.1 Å². The first kappa shape index (κ1) is 14.6. The third-order valence-corrected chi connectivity index (χ3v) is 3.15. The molecular formula is C14H21N3O3. The second-order valence-corrected chi connectivity index (χ2v) is 6.24. The van der Waals surface area contributed by atoms with Crippen LogP contribution < -0.4 is 10.6 Å². The molecule has 0 radical (unpaired) electrons. The molecule has 0 aliphatic heterocycles. The van der Waals surface area contributed by atoms with Gasteiger partial charge >= 0.3 is 0 Å². The van der Waals surface area contributed by atoms with Gasteiger partial charge in [0.15, 0.2) is 0 Å². The van der Waals surface area contributed by atoms with E-state index < -0.39 is 0 Å². The van der Waals surface area contributed by atoms with Crippen LogP contribution in [-0.2, 0) is 10.2 Å².